The van der Waals surface area contributed by atoms with Crippen LogP contribution in [0.1, 0.15) is 25.5 Å². The van der Waals surface area contributed by atoms with Crippen LogP contribution in [0.25, 0.3) is 0 Å². The molecular formula is C11H18N4O4S. The number of carbonyl (C=O) groups excluding carboxylic acids is 1. The molecule has 1 aromatic heterocycles. The quantitative estimate of drug-likeness (QED) is 0.766. The number of ether oxygens (including phenoxy) is 1. The van der Waals surface area contributed by atoms with Gasteiger partial charge in [-0.3, -0.25) is 14.6 Å². The van der Waals surface area contributed by atoms with Crippen molar-refractivity contribution in [1.82, 2.24) is 14.5 Å². The SMILES string of the molecule is CCOC(=O)C1CCCN1S(=O)(=O)Nc1cc(C)[nH]n1. The third-order valence-corrected chi connectivity index (χ3v) is 4.53. The Labute approximate surface area is 117 Å². The lowest BCUT2D eigenvalue weighted by atomic mass is 10.2. The Morgan fingerprint density at radius 1 is 1.65 bits per heavy atom. The van der Waals surface area contributed by atoms with Gasteiger partial charge in [0.2, 0.25) is 0 Å². The Morgan fingerprint density at radius 2 is 2.40 bits per heavy atom. The van der Waals surface area contributed by atoms with E-state index in [0.717, 1.165) is 10.00 Å². The summed E-state index contributed by atoms with van der Waals surface area (Å²) < 4.78 is 33.0. The first-order valence-electron chi connectivity index (χ1n) is 6.42. The summed E-state index contributed by atoms with van der Waals surface area (Å²) in [6, 6.07) is 0.819. The number of hydrogen-bond acceptors (Lipinski definition) is 5. The zero-order valence-corrected chi connectivity index (χ0v) is 12.2. The average Bonchev–Trinajstić information content (AvgIpc) is 2.98. The molecule has 0 aliphatic carbocycles. The number of nitrogens with zero attached hydrogens (tertiary/aromatic N) is 2. The number of H-pyrrole nitrogens is 1. The molecule has 1 aliphatic heterocycles. The molecule has 2 rings (SSSR count). The molecule has 0 spiro atoms. The molecule has 112 valence electrons. The van der Waals surface area contributed by atoms with Gasteiger partial charge in [0.05, 0.1) is 6.61 Å². The van der Waals surface area contributed by atoms with Crippen LogP contribution in [0.5, 0.6) is 0 Å². The van der Waals surface area contributed by atoms with Crippen LogP contribution in [0.4, 0.5) is 5.82 Å². The first-order chi connectivity index (χ1) is 9.44. The minimum Gasteiger partial charge on any atom is -0.465 e. The predicted molar refractivity (Wildman–Crippen MR) is 72.2 cm³/mol. The van der Waals surface area contributed by atoms with Crippen molar-refractivity contribution in [2.45, 2.75) is 32.7 Å². The number of hydrogen-bond donors (Lipinski definition) is 2. The Morgan fingerprint density at radius 3 is 3.00 bits per heavy atom. The molecule has 1 aliphatic rings. The maximum absolute atomic E-state index is 12.3. The van der Waals surface area contributed by atoms with Gasteiger partial charge in [-0.05, 0) is 26.7 Å². The maximum atomic E-state index is 12.3. The number of esters is 1. The Kier molecular flexibility index (Phi) is 4.29. The minimum atomic E-state index is -3.81. The molecule has 1 atom stereocenters. The van der Waals surface area contributed by atoms with Crippen molar-refractivity contribution >= 4 is 22.0 Å². The van der Waals surface area contributed by atoms with Gasteiger partial charge in [-0.1, -0.05) is 0 Å². The lowest BCUT2D eigenvalue weighted by Crippen LogP contribution is -2.44. The summed E-state index contributed by atoms with van der Waals surface area (Å²) in [5.41, 5.74) is 0.742. The van der Waals surface area contributed by atoms with Crippen LogP contribution in [0.15, 0.2) is 6.07 Å². The van der Waals surface area contributed by atoms with Crippen LogP contribution in [0, 0.1) is 6.92 Å². The summed E-state index contributed by atoms with van der Waals surface area (Å²) in [5.74, 6) is -0.300. The second-order valence-electron chi connectivity index (χ2n) is 4.56. The van der Waals surface area contributed by atoms with Gasteiger partial charge in [0.1, 0.15) is 6.04 Å². The average molecular weight is 302 g/mol. The largest absolute Gasteiger partial charge is 0.465 e. The maximum Gasteiger partial charge on any atom is 0.324 e. The van der Waals surface area contributed by atoms with Crippen LogP contribution in [0.2, 0.25) is 0 Å². The lowest BCUT2D eigenvalue weighted by Gasteiger charge is -2.22. The molecule has 1 fully saturated rings. The van der Waals surface area contributed by atoms with Crippen molar-refractivity contribution < 1.29 is 17.9 Å². The summed E-state index contributed by atoms with van der Waals surface area (Å²) in [6.07, 6.45) is 1.10. The first-order valence-corrected chi connectivity index (χ1v) is 7.86. The highest BCUT2D eigenvalue weighted by Crippen LogP contribution is 2.23. The highest BCUT2D eigenvalue weighted by Gasteiger charge is 2.39. The van der Waals surface area contributed by atoms with Gasteiger partial charge in [-0.2, -0.15) is 17.8 Å². The molecule has 1 aromatic rings. The zero-order chi connectivity index (χ0) is 14.8. The number of rotatable bonds is 5. The molecule has 1 saturated heterocycles. The highest BCUT2D eigenvalue weighted by molar-refractivity contribution is 7.90. The molecule has 9 heteroatoms. The van der Waals surface area contributed by atoms with E-state index >= 15 is 0 Å². The summed E-state index contributed by atoms with van der Waals surface area (Å²) >= 11 is 0. The number of aromatic nitrogens is 2. The van der Waals surface area contributed by atoms with E-state index < -0.39 is 22.2 Å². The van der Waals surface area contributed by atoms with Crippen molar-refractivity contribution in [3.8, 4) is 0 Å². The van der Waals surface area contributed by atoms with Gasteiger partial charge >= 0.3 is 16.2 Å². The van der Waals surface area contributed by atoms with Crippen molar-refractivity contribution in [2.75, 3.05) is 17.9 Å². The molecule has 0 radical (unpaired) electrons. The van der Waals surface area contributed by atoms with Crippen LogP contribution < -0.4 is 4.72 Å². The summed E-state index contributed by atoms with van der Waals surface area (Å²) in [7, 11) is -3.81. The second kappa shape index (κ2) is 5.80. The monoisotopic (exact) mass is 302 g/mol. The molecule has 0 aromatic carbocycles. The molecule has 0 bridgehead atoms. The lowest BCUT2D eigenvalue weighted by molar-refractivity contribution is -0.146. The second-order valence-corrected chi connectivity index (χ2v) is 6.19. The topological polar surface area (TPSA) is 104 Å². The molecule has 2 N–H and O–H groups in total. The molecule has 8 nitrogen and oxygen atoms in total. The highest BCUT2D eigenvalue weighted by atomic mass is 32.2. The molecule has 2 heterocycles. The van der Waals surface area contributed by atoms with Crippen LogP contribution in [0.3, 0.4) is 0 Å². The number of aromatic amines is 1. The van der Waals surface area contributed by atoms with E-state index in [1.165, 1.54) is 0 Å². The molecule has 0 saturated carbocycles. The smallest absolute Gasteiger partial charge is 0.324 e. The number of carbonyl (C=O) groups is 1. The number of nitrogens with one attached hydrogen (secondary N) is 2. The Bertz CT molecular complexity index is 583. The fraction of sp³-hybridized carbons (Fsp3) is 0.636. The first kappa shape index (κ1) is 14.8. The molecule has 1 unspecified atom stereocenters. The van der Waals surface area contributed by atoms with Gasteiger partial charge in [0, 0.05) is 18.3 Å². The number of anilines is 1. The molecular weight excluding hydrogens is 284 g/mol. The summed E-state index contributed by atoms with van der Waals surface area (Å²) in [6.45, 7) is 3.98. The van der Waals surface area contributed by atoms with Gasteiger partial charge < -0.3 is 4.74 Å². The van der Waals surface area contributed by atoms with Gasteiger partial charge in [0.25, 0.3) is 0 Å². The zero-order valence-electron chi connectivity index (χ0n) is 11.4. The van der Waals surface area contributed by atoms with Crippen molar-refractivity contribution in [3.63, 3.8) is 0 Å². The standard InChI is InChI=1S/C11H18N4O4S/c1-3-19-11(16)9-5-4-6-15(9)20(17,18)14-10-7-8(2)12-13-10/h7,9H,3-6H2,1-2H3,(H2,12,13,14). The van der Waals surface area contributed by atoms with Crippen LogP contribution in [-0.2, 0) is 19.7 Å². The third-order valence-electron chi connectivity index (χ3n) is 3.01. The Hall–Kier alpha value is -1.61. The van der Waals surface area contributed by atoms with E-state index in [-0.39, 0.29) is 12.4 Å². The predicted octanol–water partition coefficient (Wildman–Crippen LogP) is 0.402. The van der Waals surface area contributed by atoms with Gasteiger partial charge in [-0.25, -0.2) is 0 Å². The van der Waals surface area contributed by atoms with E-state index in [0.29, 0.717) is 19.4 Å². The fourth-order valence-electron chi connectivity index (χ4n) is 2.16. The van der Waals surface area contributed by atoms with E-state index in [4.69, 9.17) is 4.74 Å². The van der Waals surface area contributed by atoms with Crippen molar-refractivity contribution in [2.24, 2.45) is 0 Å². The van der Waals surface area contributed by atoms with E-state index in [1.54, 1.807) is 19.9 Å². The summed E-state index contributed by atoms with van der Waals surface area (Å²) in [5, 5.41) is 6.47. The fourth-order valence-corrected chi connectivity index (χ4v) is 3.55. The third kappa shape index (κ3) is 3.10. The summed E-state index contributed by atoms with van der Waals surface area (Å²) in [4.78, 5) is 11.8. The number of aryl methyl sites for hydroxylation is 1. The Balaban J connectivity index is 2.13. The van der Waals surface area contributed by atoms with Gasteiger partial charge in [0.15, 0.2) is 5.82 Å². The molecule has 20 heavy (non-hydrogen) atoms. The van der Waals surface area contributed by atoms with Crippen molar-refractivity contribution in [1.29, 1.82) is 0 Å². The van der Waals surface area contributed by atoms with Crippen molar-refractivity contribution in [3.05, 3.63) is 11.8 Å². The van der Waals surface area contributed by atoms with E-state index in [2.05, 4.69) is 14.9 Å². The van der Waals surface area contributed by atoms with E-state index in [9.17, 15) is 13.2 Å². The van der Waals surface area contributed by atoms with Gasteiger partial charge in [-0.15, -0.1) is 0 Å². The minimum absolute atomic E-state index is 0.206. The molecule has 0 amide bonds. The van der Waals surface area contributed by atoms with Crippen LogP contribution in [-0.4, -0.2) is 48.1 Å². The van der Waals surface area contributed by atoms with E-state index in [1.807, 2.05) is 0 Å². The van der Waals surface area contributed by atoms with Crippen LogP contribution >= 0.6 is 0 Å². The normalized spacial score (nSPS) is 20.0.